The lowest BCUT2D eigenvalue weighted by Crippen LogP contribution is -2.66. The van der Waals surface area contributed by atoms with Gasteiger partial charge in [-0.15, -0.1) is 0 Å². The maximum atomic E-state index is 6.93. The van der Waals surface area contributed by atoms with Crippen LogP contribution in [0.4, 0.5) is 0 Å². The minimum atomic E-state index is -2.41. The van der Waals surface area contributed by atoms with Crippen LogP contribution in [0, 0.1) is 5.41 Å². The summed E-state index contributed by atoms with van der Waals surface area (Å²) in [6.07, 6.45) is 0.978. The van der Waals surface area contributed by atoms with E-state index < -0.39 is 8.32 Å². The van der Waals surface area contributed by atoms with Crippen molar-refractivity contribution in [1.29, 1.82) is 0 Å². The summed E-state index contributed by atoms with van der Waals surface area (Å²) in [5, 5.41) is 2.70. The van der Waals surface area contributed by atoms with Crippen molar-refractivity contribution in [2.75, 3.05) is 20.3 Å². The van der Waals surface area contributed by atoms with E-state index in [1.165, 1.54) is 10.4 Å². The lowest BCUT2D eigenvalue weighted by Gasteiger charge is -2.43. The van der Waals surface area contributed by atoms with Gasteiger partial charge in [-0.3, -0.25) is 0 Å². The van der Waals surface area contributed by atoms with E-state index >= 15 is 0 Å². The van der Waals surface area contributed by atoms with Gasteiger partial charge in [0, 0.05) is 13.7 Å². The Hall–Kier alpha value is -1.42. The van der Waals surface area contributed by atoms with Crippen molar-refractivity contribution in [3.63, 3.8) is 0 Å². The maximum absolute atomic E-state index is 6.93. The summed E-state index contributed by atoms with van der Waals surface area (Å²) < 4.78 is 12.3. The van der Waals surface area contributed by atoms with Crippen molar-refractivity contribution in [1.82, 2.24) is 0 Å². The molecule has 0 fully saturated rings. The highest BCUT2D eigenvalue weighted by Crippen LogP contribution is 2.37. The van der Waals surface area contributed by atoms with Crippen LogP contribution < -0.4 is 10.4 Å². The molecule has 0 saturated carbocycles. The van der Waals surface area contributed by atoms with Crippen molar-refractivity contribution >= 4 is 18.7 Å². The lowest BCUT2D eigenvalue weighted by molar-refractivity contribution is 0.0846. The molecular weight excluding hydrogens is 336 g/mol. The Morgan fingerprint density at radius 2 is 1.23 bits per heavy atom. The normalized spacial score (nSPS) is 13.0. The third-order valence-corrected chi connectivity index (χ3v) is 10.1. The smallest absolute Gasteiger partial charge is 0.261 e. The Kier molecular flexibility index (Phi) is 6.84. The Balaban J connectivity index is 2.44. The second kappa shape index (κ2) is 8.51. The molecule has 0 amide bonds. The number of benzene rings is 2. The monoisotopic (exact) mass is 370 g/mol. The van der Waals surface area contributed by atoms with Crippen LogP contribution in [0.25, 0.3) is 0 Å². The van der Waals surface area contributed by atoms with Crippen LogP contribution in [0.3, 0.4) is 0 Å². The van der Waals surface area contributed by atoms with Crippen LogP contribution in [0.1, 0.15) is 41.0 Å². The predicted molar refractivity (Wildman–Crippen MR) is 114 cm³/mol. The van der Waals surface area contributed by atoms with Crippen LogP contribution in [0.2, 0.25) is 5.04 Å². The molecule has 2 aromatic rings. The highest BCUT2D eigenvalue weighted by Gasteiger charge is 2.50. The zero-order valence-corrected chi connectivity index (χ0v) is 18.2. The van der Waals surface area contributed by atoms with E-state index in [9.17, 15) is 0 Å². The van der Waals surface area contributed by atoms with Gasteiger partial charge in [0.15, 0.2) is 0 Å². The van der Waals surface area contributed by atoms with Crippen molar-refractivity contribution in [2.24, 2.45) is 5.41 Å². The first-order valence-corrected chi connectivity index (χ1v) is 11.4. The molecule has 142 valence electrons. The second-order valence-electron chi connectivity index (χ2n) is 8.86. The van der Waals surface area contributed by atoms with Crippen LogP contribution >= 0.6 is 0 Å². The van der Waals surface area contributed by atoms with Crippen LogP contribution in [-0.2, 0) is 9.16 Å². The number of ether oxygens (including phenoxy) is 1. The standard InChI is InChI=1S/C23H34O2Si/c1-22(2,3)26(20-13-9-7-10-14-20,21-15-11-8-12-16-21)25-18-17-23(4,5)19-24-6/h7-16H,17-19H2,1-6H3. The van der Waals surface area contributed by atoms with E-state index in [1.54, 1.807) is 7.11 Å². The molecule has 0 N–H and O–H groups in total. The fourth-order valence-corrected chi connectivity index (χ4v) is 8.27. The zero-order valence-electron chi connectivity index (χ0n) is 17.2. The maximum Gasteiger partial charge on any atom is 0.261 e. The summed E-state index contributed by atoms with van der Waals surface area (Å²) in [6.45, 7) is 12.9. The van der Waals surface area contributed by atoms with Crippen LogP contribution in [0.15, 0.2) is 60.7 Å². The molecule has 2 aromatic carbocycles. The zero-order chi connectivity index (χ0) is 19.3. The van der Waals surface area contributed by atoms with E-state index in [2.05, 4.69) is 95.3 Å². The van der Waals surface area contributed by atoms with Gasteiger partial charge in [-0.1, -0.05) is 95.3 Å². The average Bonchev–Trinajstić information content (AvgIpc) is 2.59. The molecule has 0 unspecified atom stereocenters. The molecule has 0 saturated heterocycles. The molecule has 0 radical (unpaired) electrons. The van der Waals surface area contributed by atoms with Gasteiger partial charge in [-0.05, 0) is 27.2 Å². The topological polar surface area (TPSA) is 18.5 Å². The Labute approximate surface area is 160 Å². The molecule has 3 heteroatoms. The average molecular weight is 371 g/mol. The third-order valence-electron chi connectivity index (χ3n) is 5.05. The first kappa shape index (κ1) is 20.9. The van der Waals surface area contributed by atoms with Gasteiger partial charge in [-0.25, -0.2) is 0 Å². The van der Waals surface area contributed by atoms with Crippen molar-refractivity contribution in [3.05, 3.63) is 60.7 Å². The predicted octanol–water partition coefficient (Wildman–Crippen LogP) is 4.63. The molecule has 0 spiro atoms. The van der Waals surface area contributed by atoms with Gasteiger partial charge in [0.2, 0.25) is 0 Å². The highest BCUT2D eigenvalue weighted by atomic mass is 28.4. The van der Waals surface area contributed by atoms with Gasteiger partial charge in [-0.2, -0.15) is 0 Å². The number of methoxy groups -OCH3 is 1. The Bertz CT molecular complexity index is 620. The summed E-state index contributed by atoms with van der Waals surface area (Å²) in [5.41, 5.74) is 0.111. The summed E-state index contributed by atoms with van der Waals surface area (Å²) in [5.74, 6) is 0. The third kappa shape index (κ3) is 4.64. The quantitative estimate of drug-likeness (QED) is 0.631. The van der Waals surface area contributed by atoms with E-state index in [-0.39, 0.29) is 10.5 Å². The fourth-order valence-electron chi connectivity index (χ4n) is 3.70. The number of hydrogen-bond donors (Lipinski definition) is 0. The van der Waals surface area contributed by atoms with Crippen molar-refractivity contribution in [2.45, 2.75) is 46.1 Å². The molecule has 2 nitrogen and oxygen atoms in total. The van der Waals surface area contributed by atoms with Crippen LogP contribution in [0.5, 0.6) is 0 Å². The summed E-state index contributed by atoms with van der Waals surface area (Å²) in [6, 6.07) is 21.6. The molecule has 26 heavy (non-hydrogen) atoms. The van der Waals surface area contributed by atoms with Crippen molar-refractivity contribution in [3.8, 4) is 0 Å². The highest BCUT2D eigenvalue weighted by molar-refractivity contribution is 6.99. The van der Waals surface area contributed by atoms with Crippen LogP contribution in [-0.4, -0.2) is 28.6 Å². The summed E-state index contributed by atoms with van der Waals surface area (Å²) in [7, 11) is -0.644. The van der Waals surface area contributed by atoms with E-state index in [1.807, 2.05) is 0 Å². The Morgan fingerprint density at radius 1 is 0.769 bits per heavy atom. The van der Waals surface area contributed by atoms with Gasteiger partial charge >= 0.3 is 0 Å². The molecular formula is C23H34O2Si. The van der Waals surface area contributed by atoms with Gasteiger partial charge < -0.3 is 9.16 Å². The Morgan fingerprint density at radius 3 is 1.62 bits per heavy atom. The number of rotatable bonds is 8. The summed E-state index contributed by atoms with van der Waals surface area (Å²) >= 11 is 0. The summed E-state index contributed by atoms with van der Waals surface area (Å²) in [4.78, 5) is 0. The van der Waals surface area contributed by atoms with Gasteiger partial charge in [0.1, 0.15) is 0 Å². The molecule has 2 rings (SSSR count). The molecule has 0 aliphatic carbocycles. The molecule has 0 bridgehead atoms. The molecule has 0 atom stereocenters. The SMILES string of the molecule is COCC(C)(C)CCO[Si](c1ccccc1)(c1ccccc1)C(C)(C)C. The minimum Gasteiger partial charge on any atom is -0.407 e. The minimum absolute atomic E-state index is 0.0289. The van der Waals surface area contributed by atoms with E-state index in [0.29, 0.717) is 0 Å². The first-order valence-electron chi connectivity index (χ1n) is 9.47. The van der Waals surface area contributed by atoms with E-state index in [4.69, 9.17) is 9.16 Å². The molecule has 0 heterocycles. The lowest BCUT2D eigenvalue weighted by atomic mass is 9.91. The molecule has 0 aromatic heterocycles. The van der Waals surface area contributed by atoms with Gasteiger partial charge in [0.25, 0.3) is 8.32 Å². The molecule has 0 aliphatic heterocycles. The first-order chi connectivity index (χ1) is 12.2. The van der Waals surface area contributed by atoms with Crippen molar-refractivity contribution < 1.29 is 9.16 Å². The number of hydrogen-bond acceptors (Lipinski definition) is 2. The van der Waals surface area contributed by atoms with E-state index in [0.717, 1.165) is 19.6 Å². The largest absolute Gasteiger partial charge is 0.407 e. The molecule has 0 aliphatic rings. The van der Waals surface area contributed by atoms with Gasteiger partial charge in [0.05, 0.1) is 6.61 Å². The fraction of sp³-hybridized carbons (Fsp3) is 0.478. The second-order valence-corrected chi connectivity index (χ2v) is 13.2.